The molecule has 0 radical (unpaired) electrons. The summed E-state index contributed by atoms with van der Waals surface area (Å²) in [4.78, 5) is 22.4. The largest absolute Gasteiger partial charge is 0.443 e. The van der Waals surface area contributed by atoms with Gasteiger partial charge >= 0.3 is 6.09 Å². The van der Waals surface area contributed by atoms with E-state index in [1.54, 1.807) is 25.6 Å². The lowest BCUT2D eigenvalue weighted by atomic mass is 10.1. The highest BCUT2D eigenvalue weighted by atomic mass is 16.6. The van der Waals surface area contributed by atoms with Gasteiger partial charge in [0.05, 0.1) is 11.9 Å². The summed E-state index contributed by atoms with van der Waals surface area (Å²) in [6.07, 6.45) is 4.70. The predicted octanol–water partition coefficient (Wildman–Crippen LogP) is 3.35. The number of nitrogens with zero attached hydrogens (tertiary/aromatic N) is 4. The Labute approximate surface area is 146 Å². The van der Waals surface area contributed by atoms with Gasteiger partial charge in [0.1, 0.15) is 5.60 Å². The maximum absolute atomic E-state index is 12.3. The number of fused-ring (bicyclic) bond motifs is 1. The van der Waals surface area contributed by atoms with E-state index >= 15 is 0 Å². The minimum absolute atomic E-state index is 0.429. The van der Waals surface area contributed by atoms with Gasteiger partial charge in [-0.05, 0) is 32.9 Å². The normalized spacial score (nSPS) is 11.5. The zero-order valence-corrected chi connectivity index (χ0v) is 14.7. The van der Waals surface area contributed by atoms with Crippen molar-refractivity contribution in [1.82, 2.24) is 14.4 Å². The van der Waals surface area contributed by atoms with Crippen molar-refractivity contribution in [2.45, 2.75) is 26.4 Å². The fourth-order valence-electron chi connectivity index (χ4n) is 2.43. The number of rotatable bonds is 2. The SMILES string of the molecule is CN(C(=O)OC(C)(C)C)c1nccn2c(-c3ccc(N)cc3)cnc12. The second-order valence-corrected chi connectivity index (χ2v) is 6.75. The number of anilines is 2. The molecule has 0 aliphatic heterocycles. The van der Waals surface area contributed by atoms with E-state index in [0.29, 0.717) is 17.2 Å². The van der Waals surface area contributed by atoms with Crippen LogP contribution in [-0.2, 0) is 4.74 Å². The number of carbonyl (C=O) groups excluding carboxylic acids is 1. The first-order chi connectivity index (χ1) is 11.8. The molecule has 130 valence electrons. The first kappa shape index (κ1) is 16.8. The number of aromatic nitrogens is 3. The van der Waals surface area contributed by atoms with Gasteiger partial charge in [0, 0.05) is 30.7 Å². The molecular formula is C18H21N5O2. The van der Waals surface area contributed by atoms with Crippen molar-refractivity contribution in [3.8, 4) is 11.3 Å². The summed E-state index contributed by atoms with van der Waals surface area (Å²) in [6, 6.07) is 7.53. The van der Waals surface area contributed by atoms with Crippen LogP contribution in [-0.4, -0.2) is 33.1 Å². The number of ether oxygens (including phenoxy) is 1. The molecule has 0 aliphatic carbocycles. The van der Waals surface area contributed by atoms with Crippen LogP contribution in [0.2, 0.25) is 0 Å². The van der Waals surface area contributed by atoms with Crippen molar-refractivity contribution in [1.29, 1.82) is 0 Å². The van der Waals surface area contributed by atoms with Crippen LogP contribution in [0.5, 0.6) is 0 Å². The molecule has 0 unspecified atom stereocenters. The zero-order valence-electron chi connectivity index (χ0n) is 14.7. The highest BCUT2D eigenvalue weighted by molar-refractivity contribution is 5.90. The van der Waals surface area contributed by atoms with Gasteiger partial charge in [0.2, 0.25) is 0 Å². The lowest BCUT2D eigenvalue weighted by Crippen LogP contribution is -2.34. The molecule has 1 aromatic carbocycles. The fourth-order valence-corrected chi connectivity index (χ4v) is 2.43. The quantitative estimate of drug-likeness (QED) is 0.724. The Balaban J connectivity index is 2.01. The van der Waals surface area contributed by atoms with Gasteiger partial charge < -0.3 is 10.5 Å². The van der Waals surface area contributed by atoms with Crippen LogP contribution in [0.1, 0.15) is 20.8 Å². The van der Waals surface area contributed by atoms with Gasteiger partial charge in [-0.1, -0.05) is 12.1 Å². The fraction of sp³-hybridized carbons (Fsp3) is 0.278. The average Bonchev–Trinajstić information content (AvgIpc) is 2.97. The zero-order chi connectivity index (χ0) is 18.2. The predicted molar refractivity (Wildman–Crippen MR) is 97.5 cm³/mol. The topological polar surface area (TPSA) is 85.8 Å². The van der Waals surface area contributed by atoms with E-state index in [-0.39, 0.29) is 0 Å². The number of amides is 1. The van der Waals surface area contributed by atoms with Gasteiger partial charge in [-0.2, -0.15) is 0 Å². The molecule has 2 aromatic heterocycles. The molecule has 3 aromatic rings. The molecule has 7 heteroatoms. The third-order valence-electron chi connectivity index (χ3n) is 3.60. The van der Waals surface area contributed by atoms with Crippen molar-refractivity contribution >= 4 is 23.2 Å². The number of benzene rings is 1. The van der Waals surface area contributed by atoms with Crippen LogP contribution in [0.3, 0.4) is 0 Å². The Morgan fingerprint density at radius 1 is 1.20 bits per heavy atom. The maximum Gasteiger partial charge on any atom is 0.415 e. The summed E-state index contributed by atoms with van der Waals surface area (Å²) in [7, 11) is 1.62. The van der Waals surface area contributed by atoms with Crippen LogP contribution in [0.4, 0.5) is 16.3 Å². The number of nitrogen functional groups attached to an aromatic ring is 1. The summed E-state index contributed by atoms with van der Waals surface area (Å²) < 4.78 is 7.29. The monoisotopic (exact) mass is 339 g/mol. The van der Waals surface area contributed by atoms with Crippen molar-refractivity contribution in [3.05, 3.63) is 42.9 Å². The smallest absolute Gasteiger partial charge is 0.415 e. The Kier molecular flexibility index (Phi) is 4.08. The van der Waals surface area contributed by atoms with Crippen molar-refractivity contribution in [3.63, 3.8) is 0 Å². The number of carbonyl (C=O) groups is 1. The van der Waals surface area contributed by atoms with Gasteiger partial charge in [0.15, 0.2) is 11.5 Å². The van der Waals surface area contributed by atoms with Crippen molar-refractivity contribution < 1.29 is 9.53 Å². The lowest BCUT2D eigenvalue weighted by molar-refractivity contribution is 0.0588. The molecule has 0 aliphatic rings. The van der Waals surface area contributed by atoms with Gasteiger partial charge in [-0.25, -0.2) is 14.8 Å². The average molecular weight is 339 g/mol. The molecule has 0 spiro atoms. The Morgan fingerprint density at radius 3 is 2.52 bits per heavy atom. The van der Waals surface area contributed by atoms with E-state index in [0.717, 1.165) is 11.3 Å². The molecule has 0 fully saturated rings. The van der Waals surface area contributed by atoms with E-state index in [1.165, 1.54) is 4.90 Å². The van der Waals surface area contributed by atoms with Crippen LogP contribution in [0, 0.1) is 0 Å². The molecule has 0 bridgehead atoms. The minimum atomic E-state index is -0.582. The van der Waals surface area contributed by atoms with Crippen molar-refractivity contribution in [2.24, 2.45) is 0 Å². The Bertz CT molecular complexity index is 909. The van der Waals surface area contributed by atoms with E-state index < -0.39 is 11.7 Å². The maximum atomic E-state index is 12.3. The van der Waals surface area contributed by atoms with Gasteiger partial charge in [-0.3, -0.25) is 9.30 Å². The standard InChI is InChI=1S/C18H21N5O2/c1-18(2,3)25-17(24)22(4)15-16-21-11-14(23(16)10-9-20-15)12-5-7-13(19)8-6-12/h5-11H,19H2,1-4H3. The van der Waals surface area contributed by atoms with Crippen molar-refractivity contribution in [2.75, 3.05) is 17.7 Å². The summed E-state index contributed by atoms with van der Waals surface area (Å²) >= 11 is 0. The van der Waals surface area contributed by atoms with Crippen LogP contribution >= 0.6 is 0 Å². The highest BCUT2D eigenvalue weighted by Gasteiger charge is 2.23. The van der Waals surface area contributed by atoms with Crippen LogP contribution in [0.25, 0.3) is 16.9 Å². The Morgan fingerprint density at radius 2 is 1.88 bits per heavy atom. The summed E-state index contributed by atoms with van der Waals surface area (Å²) in [6.45, 7) is 5.46. The van der Waals surface area contributed by atoms with E-state index in [9.17, 15) is 4.79 Å². The Hall–Kier alpha value is -3.09. The first-order valence-corrected chi connectivity index (χ1v) is 7.91. The lowest BCUT2D eigenvalue weighted by Gasteiger charge is -2.24. The molecule has 3 rings (SSSR count). The third-order valence-corrected chi connectivity index (χ3v) is 3.60. The number of hydrogen-bond acceptors (Lipinski definition) is 5. The molecule has 0 saturated carbocycles. The highest BCUT2D eigenvalue weighted by Crippen LogP contribution is 2.26. The van der Waals surface area contributed by atoms with E-state index in [4.69, 9.17) is 10.5 Å². The molecule has 25 heavy (non-hydrogen) atoms. The second kappa shape index (κ2) is 6.08. The number of nitrogens with two attached hydrogens (primary N) is 1. The number of imidazole rings is 1. The van der Waals surface area contributed by atoms with Gasteiger partial charge in [-0.15, -0.1) is 0 Å². The summed E-state index contributed by atoms with van der Waals surface area (Å²) in [5.74, 6) is 0.429. The third kappa shape index (κ3) is 3.40. The van der Waals surface area contributed by atoms with Gasteiger partial charge in [0.25, 0.3) is 0 Å². The summed E-state index contributed by atoms with van der Waals surface area (Å²) in [5.41, 5.74) is 8.29. The molecule has 0 saturated heterocycles. The molecular weight excluding hydrogens is 318 g/mol. The van der Waals surface area contributed by atoms with E-state index in [2.05, 4.69) is 9.97 Å². The molecule has 0 atom stereocenters. The summed E-state index contributed by atoms with van der Waals surface area (Å²) in [5, 5.41) is 0. The second-order valence-electron chi connectivity index (χ2n) is 6.75. The molecule has 7 nitrogen and oxygen atoms in total. The first-order valence-electron chi connectivity index (χ1n) is 7.91. The number of hydrogen-bond donors (Lipinski definition) is 1. The molecule has 1 amide bonds. The molecule has 2 heterocycles. The molecule has 2 N–H and O–H groups in total. The van der Waals surface area contributed by atoms with E-state index in [1.807, 2.05) is 49.4 Å². The minimum Gasteiger partial charge on any atom is -0.443 e. The van der Waals surface area contributed by atoms with Crippen LogP contribution in [0.15, 0.2) is 42.9 Å². The van der Waals surface area contributed by atoms with Crippen LogP contribution < -0.4 is 10.6 Å².